The van der Waals surface area contributed by atoms with E-state index in [1.807, 2.05) is 17.5 Å². The summed E-state index contributed by atoms with van der Waals surface area (Å²) in [5, 5.41) is 15.2. The predicted octanol–water partition coefficient (Wildman–Crippen LogP) is 2.73. The molecule has 3 nitrogen and oxygen atoms in total. The summed E-state index contributed by atoms with van der Waals surface area (Å²) in [6.45, 7) is 3.26. The highest BCUT2D eigenvalue weighted by Gasteiger charge is 2.28. The first-order chi connectivity index (χ1) is 10.2. The molecule has 0 bridgehead atoms. The second-order valence-corrected chi connectivity index (χ2v) is 5.98. The molecule has 0 unspecified atom stereocenters. The first kappa shape index (κ1) is 14.4. The van der Waals surface area contributed by atoms with E-state index in [0.29, 0.717) is 5.56 Å². The Labute approximate surface area is 125 Å². The van der Waals surface area contributed by atoms with Crippen molar-refractivity contribution in [1.82, 2.24) is 10.2 Å². The van der Waals surface area contributed by atoms with Gasteiger partial charge in [-0.15, -0.1) is 11.3 Å². The van der Waals surface area contributed by atoms with Gasteiger partial charge >= 0.3 is 0 Å². The van der Waals surface area contributed by atoms with Crippen LogP contribution in [-0.2, 0) is 0 Å². The molecular formula is C15H16F2N2OS. The molecule has 2 N–H and O–H groups in total. The van der Waals surface area contributed by atoms with Gasteiger partial charge in [0.15, 0.2) is 11.6 Å². The number of aromatic hydroxyl groups is 1. The van der Waals surface area contributed by atoms with Crippen LogP contribution in [-0.4, -0.2) is 36.2 Å². The number of rotatable bonds is 3. The molecule has 0 aliphatic carbocycles. The van der Waals surface area contributed by atoms with Crippen LogP contribution in [0.2, 0.25) is 0 Å². The minimum Gasteiger partial charge on any atom is -0.505 e. The third-order valence-corrected chi connectivity index (χ3v) is 4.65. The van der Waals surface area contributed by atoms with Crippen LogP contribution >= 0.6 is 11.3 Å². The Kier molecular flexibility index (Phi) is 4.19. The second-order valence-electron chi connectivity index (χ2n) is 5.00. The summed E-state index contributed by atoms with van der Waals surface area (Å²) in [4.78, 5) is 3.19. The Morgan fingerprint density at radius 2 is 1.95 bits per heavy atom. The maximum Gasteiger partial charge on any atom is 0.200 e. The lowest BCUT2D eigenvalue weighted by Crippen LogP contribution is -2.45. The van der Waals surface area contributed by atoms with E-state index in [9.17, 15) is 13.9 Å². The monoisotopic (exact) mass is 310 g/mol. The third kappa shape index (κ3) is 2.79. The van der Waals surface area contributed by atoms with Gasteiger partial charge in [0.2, 0.25) is 5.82 Å². The van der Waals surface area contributed by atoms with Crippen molar-refractivity contribution in [2.24, 2.45) is 0 Å². The summed E-state index contributed by atoms with van der Waals surface area (Å²) in [5.74, 6) is -2.79. The number of halogens is 2. The van der Waals surface area contributed by atoms with Gasteiger partial charge in [0.25, 0.3) is 0 Å². The van der Waals surface area contributed by atoms with Crippen LogP contribution in [0.5, 0.6) is 5.75 Å². The van der Waals surface area contributed by atoms with E-state index in [-0.39, 0.29) is 6.04 Å². The lowest BCUT2D eigenvalue weighted by atomic mass is 10.0. The van der Waals surface area contributed by atoms with Crippen molar-refractivity contribution in [3.63, 3.8) is 0 Å². The number of piperazine rings is 1. The number of thiophene rings is 1. The van der Waals surface area contributed by atoms with Gasteiger partial charge in [0, 0.05) is 36.6 Å². The molecule has 2 aromatic rings. The van der Waals surface area contributed by atoms with E-state index < -0.39 is 17.4 Å². The van der Waals surface area contributed by atoms with Crippen molar-refractivity contribution in [1.29, 1.82) is 0 Å². The lowest BCUT2D eigenvalue weighted by Gasteiger charge is -2.35. The summed E-state index contributed by atoms with van der Waals surface area (Å²) in [6, 6.07) is 6.18. The van der Waals surface area contributed by atoms with Crippen molar-refractivity contribution in [2.75, 3.05) is 26.2 Å². The molecule has 6 heteroatoms. The number of hydrogen-bond donors (Lipinski definition) is 2. The Hall–Kier alpha value is -1.50. The first-order valence-corrected chi connectivity index (χ1v) is 7.71. The Morgan fingerprint density at radius 1 is 1.19 bits per heavy atom. The third-order valence-electron chi connectivity index (χ3n) is 3.72. The maximum absolute atomic E-state index is 13.7. The highest BCUT2D eigenvalue weighted by atomic mass is 32.1. The van der Waals surface area contributed by atoms with E-state index in [1.165, 1.54) is 6.07 Å². The molecule has 2 heterocycles. The number of hydrogen-bond acceptors (Lipinski definition) is 4. The van der Waals surface area contributed by atoms with Gasteiger partial charge < -0.3 is 10.4 Å². The molecule has 3 rings (SSSR count). The Balaban J connectivity index is 2.05. The number of benzene rings is 1. The van der Waals surface area contributed by atoms with Crippen molar-refractivity contribution in [3.8, 4) is 5.75 Å². The van der Waals surface area contributed by atoms with E-state index in [4.69, 9.17) is 0 Å². The normalized spacial score (nSPS) is 17.8. The molecule has 21 heavy (non-hydrogen) atoms. The molecule has 1 aromatic heterocycles. The minimum atomic E-state index is -1.18. The van der Waals surface area contributed by atoms with Crippen LogP contribution in [0.4, 0.5) is 8.78 Å². The van der Waals surface area contributed by atoms with E-state index in [2.05, 4.69) is 10.2 Å². The van der Waals surface area contributed by atoms with Crippen LogP contribution in [0.3, 0.4) is 0 Å². The number of phenols is 1. The molecule has 1 aliphatic heterocycles. The fourth-order valence-corrected chi connectivity index (χ4v) is 3.57. The van der Waals surface area contributed by atoms with Crippen molar-refractivity contribution >= 4 is 11.3 Å². The summed E-state index contributed by atoms with van der Waals surface area (Å²) in [7, 11) is 0. The summed E-state index contributed by atoms with van der Waals surface area (Å²) in [6.07, 6.45) is 0. The largest absolute Gasteiger partial charge is 0.505 e. The van der Waals surface area contributed by atoms with E-state index in [0.717, 1.165) is 37.1 Å². The smallest absolute Gasteiger partial charge is 0.200 e. The van der Waals surface area contributed by atoms with E-state index >= 15 is 0 Å². The zero-order chi connectivity index (χ0) is 14.8. The zero-order valence-corrected chi connectivity index (χ0v) is 12.2. The van der Waals surface area contributed by atoms with Crippen LogP contribution in [0.15, 0.2) is 29.6 Å². The molecule has 1 saturated heterocycles. The summed E-state index contributed by atoms with van der Waals surface area (Å²) < 4.78 is 27.0. The Bertz CT molecular complexity index is 612. The SMILES string of the molecule is Oc1c([C@H](c2cccs2)N2CCNCC2)ccc(F)c1F. The lowest BCUT2D eigenvalue weighted by molar-refractivity contribution is 0.197. The number of nitrogens with zero attached hydrogens (tertiary/aromatic N) is 1. The fourth-order valence-electron chi connectivity index (χ4n) is 2.69. The fraction of sp³-hybridized carbons (Fsp3) is 0.333. The molecule has 0 spiro atoms. The van der Waals surface area contributed by atoms with Gasteiger partial charge in [-0.25, -0.2) is 4.39 Å². The minimum absolute atomic E-state index is 0.248. The second kappa shape index (κ2) is 6.09. The van der Waals surface area contributed by atoms with Gasteiger partial charge in [-0.05, 0) is 17.5 Å². The average Bonchev–Trinajstić information content (AvgIpc) is 3.03. The summed E-state index contributed by atoms with van der Waals surface area (Å²) >= 11 is 1.55. The molecular weight excluding hydrogens is 294 g/mol. The molecule has 1 aliphatic rings. The maximum atomic E-state index is 13.7. The molecule has 0 saturated carbocycles. The molecule has 1 fully saturated rings. The molecule has 0 amide bonds. The van der Waals surface area contributed by atoms with Gasteiger partial charge in [0.05, 0.1) is 6.04 Å². The first-order valence-electron chi connectivity index (χ1n) is 6.83. The van der Waals surface area contributed by atoms with Crippen molar-refractivity contribution in [2.45, 2.75) is 6.04 Å². The predicted molar refractivity (Wildman–Crippen MR) is 78.6 cm³/mol. The van der Waals surface area contributed by atoms with Crippen LogP contribution in [0.25, 0.3) is 0 Å². The van der Waals surface area contributed by atoms with Crippen LogP contribution < -0.4 is 5.32 Å². The number of phenolic OH excluding ortho intramolecular Hbond substituents is 1. The van der Waals surface area contributed by atoms with Gasteiger partial charge in [-0.2, -0.15) is 4.39 Å². The van der Waals surface area contributed by atoms with Gasteiger partial charge in [0.1, 0.15) is 0 Å². The summed E-state index contributed by atoms with van der Waals surface area (Å²) in [5.41, 5.74) is 0.415. The van der Waals surface area contributed by atoms with Crippen molar-refractivity contribution in [3.05, 3.63) is 51.7 Å². The van der Waals surface area contributed by atoms with Crippen LogP contribution in [0.1, 0.15) is 16.5 Å². The standard InChI is InChI=1S/C15H16F2N2OS/c16-11-4-3-10(15(20)13(11)17)14(12-2-1-9-21-12)19-7-5-18-6-8-19/h1-4,9,14,18,20H,5-8H2/t14-/m1/s1. The molecule has 112 valence electrons. The van der Waals surface area contributed by atoms with Crippen molar-refractivity contribution < 1.29 is 13.9 Å². The topological polar surface area (TPSA) is 35.5 Å². The molecule has 1 atom stereocenters. The van der Waals surface area contributed by atoms with Gasteiger partial charge in [-0.3, -0.25) is 4.90 Å². The van der Waals surface area contributed by atoms with Gasteiger partial charge in [-0.1, -0.05) is 12.1 Å². The van der Waals surface area contributed by atoms with Crippen LogP contribution in [0, 0.1) is 11.6 Å². The number of nitrogens with one attached hydrogen (secondary N) is 1. The Morgan fingerprint density at radius 3 is 2.62 bits per heavy atom. The van der Waals surface area contributed by atoms with E-state index in [1.54, 1.807) is 11.3 Å². The highest BCUT2D eigenvalue weighted by Crippen LogP contribution is 2.38. The average molecular weight is 310 g/mol. The molecule has 1 aromatic carbocycles. The zero-order valence-electron chi connectivity index (χ0n) is 11.4. The quantitative estimate of drug-likeness (QED) is 0.915. The highest BCUT2D eigenvalue weighted by molar-refractivity contribution is 7.10. The molecule has 0 radical (unpaired) electrons.